The third kappa shape index (κ3) is 4.49. The second-order valence-corrected chi connectivity index (χ2v) is 2.25. The number of aliphatic hydroxyl groups excluding tert-OH is 1. The summed E-state index contributed by atoms with van der Waals surface area (Å²) in [5.41, 5.74) is 2.66. The SMILES string of the molecule is C=CCONC(C)C(C)O. The van der Waals surface area contributed by atoms with E-state index in [2.05, 4.69) is 12.1 Å². The number of hydrogen-bond acceptors (Lipinski definition) is 3. The van der Waals surface area contributed by atoms with E-state index in [4.69, 9.17) is 9.94 Å². The van der Waals surface area contributed by atoms with Crippen LogP contribution in [0.15, 0.2) is 12.7 Å². The van der Waals surface area contributed by atoms with Crippen molar-refractivity contribution < 1.29 is 9.94 Å². The predicted octanol–water partition coefficient (Wildman–Crippen LogP) is 0.463. The monoisotopic (exact) mass is 145 g/mol. The van der Waals surface area contributed by atoms with E-state index >= 15 is 0 Å². The maximum absolute atomic E-state index is 8.95. The summed E-state index contributed by atoms with van der Waals surface area (Å²) in [6.07, 6.45) is 1.24. The van der Waals surface area contributed by atoms with Gasteiger partial charge < -0.3 is 5.11 Å². The van der Waals surface area contributed by atoms with Crippen LogP contribution in [0.25, 0.3) is 0 Å². The molecule has 0 saturated heterocycles. The minimum atomic E-state index is -0.398. The minimum Gasteiger partial charge on any atom is -0.392 e. The van der Waals surface area contributed by atoms with Gasteiger partial charge in [-0.1, -0.05) is 6.08 Å². The van der Waals surface area contributed by atoms with Crippen LogP contribution >= 0.6 is 0 Å². The molecule has 0 amide bonds. The van der Waals surface area contributed by atoms with Gasteiger partial charge in [0.15, 0.2) is 0 Å². The summed E-state index contributed by atoms with van der Waals surface area (Å²) in [4.78, 5) is 4.88. The Morgan fingerprint density at radius 1 is 1.70 bits per heavy atom. The van der Waals surface area contributed by atoms with E-state index in [1.165, 1.54) is 0 Å². The number of aliphatic hydroxyl groups is 1. The topological polar surface area (TPSA) is 41.5 Å². The average Bonchev–Trinajstić information content (AvgIpc) is 1.88. The Kier molecular flexibility index (Phi) is 5.20. The molecule has 0 aromatic rings. The van der Waals surface area contributed by atoms with Crippen LogP contribution < -0.4 is 5.48 Å². The second-order valence-electron chi connectivity index (χ2n) is 2.25. The highest BCUT2D eigenvalue weighted by molar-refractivity contribution is 4.65. The molecule has 0 aliphatic heterocycles. The van der Waals surface area contributed by atoms with Crippen molar-refractivity contribution in [2.75, 3.05) is 6.61 Å². The number of rotatable bonds is 5. The molecular formula is C7H15NO2. The molecule has 10 heavy (non-hydrogen) atoms. The molecule has 0 fully saturated rings. The molecule has 0 rings (SSSR count). The van der Waals surface area contributed by atoms with Crippen molar-refractivity contribution in [2.45, 2.75) is 26.0 Å². The Morgan fingerprint density at radius 3 is 2.70 bits per heavy atom. The lowest BCUT2D eigenvalue weighted by Gasteiger charge is -2.14. The van der Waals surface area contributed by atoms with E-state index in [0.717, 1.165) is 0 Å². The molecule has 2 unspecified atom stereocenters. The predicted molar refractivity (Wildman–Crippen MR) is 40.4 cm³/mol. The van der Waals surface area contributed by atoms with Gasteiger partial charge in [-0.25, -0.2) is 0 Å². The summed E-state index contributed by atoms with van der Waals surface area (Å²) >= 11 is 0. The van der Waals surface area contributed by atoms with Crippen LogP contribution in [-0.2, 0) is 4.84 Å². The maximum atomic E-state index is 8.95. The highest BCUT2D eigenvalue weighted by Crippen LogP contribution is 1.89. The fourth-order valence-electron chi connectivity index (χ4n) is 0.337. The highest BCUT2D eigenvalue weighted by Gasteiger charge is 2.06. The standard InChI is InChI=1S/C7H15NO2/c1-4-5-10-8-6(2)7(3)9/h4,6-9H,1,5H2,2-3H3. The molecule has 0 spiro atoms. The van der Waals surface area contributed by atoms with Crippen LogP contribution in [0.5, 0.6) is 0 Å². The molecule has 2 atom stereocenters. The Labute approximate surface area is 61.7 Å². The van der Waals surface area contributed by atoms with E-state index in [0.29, 0.717) is 6.61 Å². The van der Waals surface area contributed by atoms with Gasteiger partial charge in [-0.3, -0.25) is 4.84 Å². The van der Waals surface area contributed by atoms with Crippen molar-refractivity contribution in [3.8, 4) is 0 Å². The van der Waals surface area contributed by atoms with Crippen molar-refractivity contribution in [3.05, 3.63) is 12.7 Å². The molecule has 0 saturated carbocycles. The Bertz CT molecular complexity index is 93.6. The number of hydrogen-bond donors (Lipinski definition) is 2. The van der Waals surface area contributed by atoms with Crippen LogP contribution in [0, 0.1) is 0 Å². The van der Waals surface area contributed by atoms with Crippen molar-refractivity contribution in [3.63, 3.8) is 0 Å². The largest absolute Gasteiger partial charge is 0.392 e. The summed E-state index contributed by atoms with van der Waals surface area (Å²) in [6, 6.07) is -0.0417. The van der Waals surface area contributed by atoms with Gasteiger partial charge in [-0.2, -0.15) is 5.48 Å². The van der Waals surface area contributed by atoms with Gasteiger partial charge in [-0.05, 0) is 13.8 Å². The fraction of sp³-hybridized carbons (Fsp3) is 0.714. The summed E-state index contributed by atoms with van der Waals surface area (Å²) in [6.45, 7) is 7.47. The number of hydroxylamine groups is 1. The van der Waals surface area contributed by atoms with Crippen LogP contribution in [0.3, 0.4) is 0 Å². The lowest BCUT2D eigenvalue weighted by atomic mass is 10.2. The first-order valence-electron chi connectivity index (χ1n) is 3.34. The molecule has 0 bridgehead atoms. The molecule has 0 aromatic heterocycles. The number of nitrogens with one attached hydrogen (secondary N) is 1. The van der Waals surface area contributed by atoms with Crippen molar-refractivity contribution in [2.24, 2.45) is 0 Å². The van der Waals surface area contributed by atoms with Gasteiger partial charge in [0, 0.05) is 0 Å². The van der Waals surface area contributed by atoms with Crippen molar-refractivity contribution in [1.82, 2.24) is 5.48 Å². The zero-order valence-corrected chi connectivity index (χ0v) is 6.50. The third-order valence-corrected chi connectivity index (χ3v) is 1.19. The lowest BCUT2D eigenvalue weighted by Crippen LogP contribution is -2.35. The molecule has 3 heteroatoms. The average molecular weight is 145 g/mol. The summed E-state index contributed by atoms with van der Waals surface area (Å²) in [5.74, 6) is 0. The quantitative estimate of drug-likeness (QED) is 0.335. The summed E-state index contributed by atoms with van der Waals surface area (Å²) < 4.78 is 0. The fourth-order valence-corrected chi connectivity index (χ4v) is 0.337. The maximum Gasteiger partial charge on any atom is 0.0861 e. The van der Waals surface area contributed by atoms with Gasteiger partial charge in [0.2, 0.25) is 0 Å². The van der Waals surface area contributed by atoms with E-state index in [-0.39, 0.29) is 6.04 Å². The molecule has 0 aliphatic carbocycles. The molecule has 3 nitrogen and oxygen atoms in total. The molecule has 2 N–H and O–H groups in total. The second kappa shape index (κ2) is 5.41. The molecule has 60 valence electrons. The van der Waals surface area contributed by atoms with Crippen LogP contribution in [0.4, 0.5) is 0 Å². The Hall–Kier alpha value is -0.380. The van der Waals surface area contributed by atoms with Crippen LogP contribution in [-0.4, -0.2) is 23.9 Å². The van der Waals surface area contributed by atoms with Crippen LogP contribution in [0.1, 0.15) is 13.8 Å². The molecule has 0 heterocycles. The summed E-state index contributed by atoms with van der Waals surface area (Å²) in [5, 5.41) is 8.95. The van der Waals surface area contributed by atoms with Crippen molar-refractivity contribution >= 4 is 0 Å². The van der Waals surface area contributed by atoms with E-state index < -0.39 is 6.10 Å². The first-order chi connectivity index (χ1) is 4.68. The third-order valence-electron chi connectivity index (χ3n) is 1.19. The summed E-state index contributed by atoms with van der Waals surface area (Å²) in [7, 11) is 0. The van der Waals surface area contributed by atoms with Gasteiger partial charge in [0.05, 0.1) is 18.8 Å². The smallest absolute Gasteiger partial charge is 0.0861 e. The van der Waals surface area contributed by atoms with E-state index in [1.54, 1.807) is 13.0 Å². The van der Waals surface area contributed by atoms with Crippen molar-refractivity contribution in [1.29, 1.82) is 0 Å². The molecular weight excluding hydrogens is 130 g/mol. The lowest BCUT2D eigenvalue weighted by molar-refractivity contribution is 0.00119. The Balaban J connectivity index is 3.21. The van der Waals surface area contributed by atoms with Crippen LogP contribution in [0.2, 0.25) is 0 Å². The zero-order valence-electron chi connectivity index (χ0n) is 6.50. The molecule has 0 radical (unpaired) electrons. The normalized spacial score (nSPS) is 16.3. The van der Waals surface area contributed by atoms with Gasteiger partial charge in [0.25, 0.3) is 0 Å². The minimum absolute atomic E-state index is 0.0417. The molecule has 0 aliphatic rings. The van der Waals surface area contributed by atoms with E-state index in [9.17, 15) is 0 Å². The van der Waals surface area contributed by atoms with Gasteiger partial charge in [0.1, 0.15) is 0 Å². The first kappa shape index (κ1) is 9.62. The Morgan fingerprint density at radius 2 is 2.30 bits per heavy atom. The zero-order chi connectivity index (χ0) is 7.98. The van der Waals surface area contributed by atoms with E-state index in [1.807, 2.05) is 6.92 Å². The molecule has 0 aromatic carbocycles. The highest BCUT2D eigenvalue weighted by atomic mass is 16.6. The first-order valence-corrected chi connectivity index (χ1v) is 3.34. The van der Waals surface area contributed by atoms with Gasteiger partial charge in [-0.15, -0.1) is 6.58 Å². The van der Waals surface area contributed by atoms with Gasteiger partial charge >= 0.3 is 0 Å².